The van der Waals surface area contributed by atoms with Gasteiger partial charge in [0.1, 0.15) is 4.90 Å². The Labute approximate surface area is 214 Å². The Morgan fingerprint density at radius 3 is 2.41 bits per heavy atom. The number of benzene rings is 3. The van der Waals surface area contributed by atoms with Crippen LogP contribution in [0.1, 0.15) is 15.9 Å². The SMILES string of the molecule is O=C(c1ccc(NS(=O)(=O)c2cccc3cccnc23)cc1)N1CCN(Cc2cccc(F)c2O)CC1. The molecule has 37 heavy (non-hydrogen) atoms. The minimum Gasteiger partial charge on any atom is -0.505 e. The van der Waals surface area contributed by atoms with E-state index >= 15 is 0 Å². The zero-order valence-corrected chi connectivity index (χ0v) is 20.7. The molecule has 8 nitrogen and oxygen atoms in total. The van der Waals surface area contributed by atoms with Crippen LogP contribution in [0, 0.1) is 5.82 Å². The summed E-state index contributed by atoms with van der Waals surface area (Å²) in [6.45, 7) is 2.53. The Balaban J connectivity index is 1.22. The highest BCUT2D eigenvalue weighted by Crippen LogP contribution is 2.25. The fourth-order valence-corrected chi connectivity index (χ4v) is 5.64. The molecule has 1 aliphatic rings. The summed E-state index contributed by atoms with van der Waals surface area (Å²) in [5.74, 6) is -1.14. The van der Waals surface area contributed by atoms with E-state index in [1.807, 2.05) is 0 Å². The molecule has 1 amide bonds. The summed E-state index contributed by atoms with van der Waals surface area (Å²) in [6.07, 6.45) is 1.55. The fraction of sp³-hybridized carbons (Fsp3) is 0.185. The highest BCUT2D eigenvalue weighted by molar-refractivity contribution is 7.93. The number of anilines is 1. The predicted molar refractivity (Wildman–Crippen MR) is 138 cm³/mol. The molecular formula is C27H25FN4O4S. The molecule has 0 bridgehead atoms. The first-order chi connectivity index (χ1) is 17.8. The van der Waals surface area contributed by atoms with Gasteiger partial charge in [0.15, 0.2) is 11.6 Å². The number of hydrogen-bond donors (Lipinski definition) is 2. The van der Waals surface area contributed by atoms with Crippen LogP contribution in [-0.4, -0.2) is 60.4 Å². The van der Waals surface area contributed by atoms with Crippen molar-refractivity contribution < 1.29 is 22.7 Å². The van der Waals surface area contributed by atoms with Crippen molar-refractivity contribution in [1.29, 1.82) is 0 Å². The van der Waals surface area contributed by atoms with Gasteiger partial charge in [-0.05, 0) is 42.5 Å². The number of halogens is 1. The van der Waals surface area contributed by atoms with E-state index in [0.29, 0.717) is 55.1 Å². The lowest BCUT2D eigenvalue weighted by molar-refractivity contribution is 0.0627. The van der Waals surface area contributed by atoms with Crippen LogP contribution in [0.15, 0.2) is 83.9 Å². The first-order valence-electron chi connectivity index (χ1n) is 11.8. The van der Waals surface area contributed by atoms with Crippen LogP contribution in [0.3, 0.4) is 0 Å². The van der Waals surface area contributed by atoms with Crippen molar-refractivity contribution in [3.05, 3.63) is 95.9 Å². The summed E-state index contributed by atoms with van der Waals surface area (Å²) in [5.41, 5.74) is 1.68. The molecule has 1 aliphatic heterocycles. The second-order valence-corrected chi connectivity index (χ2v) is 10.5. The van der Waals surface area contributed by atoms with Crippen LogP contribution < -0.4 is 4.72 Å². The zero-order chi connectivity index (χ0) is 26.0. The van der Waals surface area contributed by atoms with Gasteiger partial charge in [0, 0.05) is 61.1 Å². The smallest absolute Gasteiger partial charge is 0.264 e. The van der Waals surface area contributed by atoms with E-state index in [4.69, 9.17) is 0 Å². The molecule has 4 aromatic rings. The molecule has 0 atom stereocenters. The lowest BCUT2D eigenvalue weighted by atomic mass is 10.1. The van der Waals surface area contributed by atoms with Gasteiger partial charge in [-0.2, -0.15) is 0 Å². The molecule has 1 saturated heterocycles. The number of para-hydroxylation sites is 2. The molecule has 1 fully saturated rings. The first kappa shape index (κ1) is 24.7. The van der Waals surface area contributed by atoms with Crippen LogP contribution >= 0.6 is 0 Å². The molecule has 3 aromatic carbocycles. The number of rotatable bonds is 6. The molecule has 0 spiro atoms. The summed E-state index contributed by atoms with van der Waals surface area (Å²) in [5, 5.41) is 10.6. The number of hydrogen-bond acceptors (Lipinski definition) is 6. The van der Waals surface area contributed by atoms with Crippen molar-refractivity contribution in [2.24, 2.45) is 0 Å². The van der Waals surface area contributed by atoms with Crippen molar-refractivity contribution in [2.45, 2.75) is 11.4 Å². The van der Waals surface area contributed by atoms with Gasteiger partial charge in [-0.15, -0.1) is 0 Å². The van der Waals surface area contributed by atoms with Gasteiger partial charge in [-0.25, -0.2) is 12.8 Å². The molecular weight excluding hydrogens is 495 g/mol. The summed E-state index contributed by atoms with van der Waals surface area (Å²) < 4.78 is 42.2. The van der Waals surface area contributed by atoms with Crippen LogP contribution in [0.25, 0.3) is 10.9 Å². The van der Waals surface area contributed by atoms with Crippen molar-refractivity contribution in [3.8, 4) is 5.75 Å². The van der Waals surface area contributed by atoms with Gasteiger partial charge in [0.05, 0.1) is 5.52 Å². The summed E-state index contributed by atoms with van der Waals surface area (Å²) >= 11 is 0. The number of fused-ring (bicyclic) bond motifs is 1. The number of nitrogens with zero attached hydrogens (tertiary/aromatic N) is 3. The Morgan fingerprint density at radius 2 is 1.65 bits per heavy atom. The van der Waals surface area contributed by atoms with Crippen LogP contribution in [0.4, 0.5) is 10.1 Å². The quantitative estimate of drug-likeness (QED) is 0.401. The van der Waals surface area contributed by atoms with E-state index in [1.165, 1.54) is 12.1 Å². The number of carbonyl (C=O) groups is 1. The number of aromatic hydroxyl groups is 1. The van der Waals surface area contributed by atoms with E-state index in [9.17, 15) is 22.7 Å². The molecule has 0 saturated carbocycles. The molecule has 10 heteroatoms. The maximum Gasteiger partial charge on any atom is 0.264 e. The van der Waals surface area contributed by atoms with E-state index in [1.54, 1.807) is 71.8 Å². The number of phenolic OH excluding ortho intramolecular Hbond substituents is 1. The zero-order valence-electron chi connectivity index (χ0n) is 19.8. The van der Waals surface area contributed by atoms with Gasteiger partial charge >= 0.3 is 0 Å². The summed E-state index contributed by atoms with van der Waals surface area (Å²) in [6, 6.07) is 19.3. The highest BCUT2D eigenvalue weighted by atomic mass is 32.2. The normalized spacial score (nSPS) is 14.6. The van der Waals surface area contributed by atoms with Crippen molar-refractivity contribution in [1.82, 2.24) is 14.8 Å². The Hall–Kier alpha value is -4.02. The lowest BCUT2D eigenvalue weighted by Crippen LogP contribution is -2.48. The van der Waals surface area contributed by atoms with Gasteiger partial charge in [-0.3, -0.25) is 19.4 Å². The molecule has 2 N–H and O–H groups in total. The Morgan fingerprint density at radius 1 is 0.946 bits per heavy atom. The molecule has 0 radical (unpaired) electrons. The van der Waals surface area contributed by atoms with Crippen LogP contribution in [0.5, 0.6) is 5.75 Å². The van der Waals surface area contributed by atoms with E-state index in [0.717, 1.165) is 5.39 Å². The number of aromatic nitrogens is 1. The second kappa shape index (κ2) is 10.2. The highest BCUT2D eigenvalue weighted by Gasteiger charge is 2.24. The van der Waals surface area contributed by atoms with Crippen LogP contribution in [-0.2, 0) is 16.6 Å². The largest absolute Gasteiger partial charge is 0.505 e. The van der Waals surface area contributed by atoms with E-state index < -0.39 is 15.8 Å². The molecule has 0 aliphatic carbocycles. The first-order valence-corrected chi connectivity index (χ1v) is 13.2. The van der Waals surface area contributed by atoms with Gasteiger partial charge < -0.3 is 10.0 Å². The predicted octanol–water partition coefficient (Wildman–Crippen LogP) is 3.84. The Bertz CT molecular complexity index is 1550. The summed E-state index contributed by atoms with van der Waals surface area (Å²) in [7, 11) is -3.89. The third kappa shape index (κ3) is 5.25. The number of carbonyl (C=O) groups excluding carboxylic acids is 1. The number of amides is 1. The maximum atomic E-state index is 13.6. The minimum absolute atomic E-state index is 0.0789. The van der Waals surface area contributed by atoms with Crippen molar-refractivity contribution in [3.63, 3.8) is 0 Å². The molecule has 190 valence electrons. The molecule has 0 unspecified atom stereocenters. The van der Waals surface area contributed by atoms with E-state index in [2.05, 4.69) is 14.6 Å². The van der Waals surface area contributed by atoms with Crippen molar-refractivity contribution >= 4 is 32.5 Å². The average molecular weight is 521 g/mol. The average Bonchev–Trinajstić information content (AvgIpc) is 2.91. The van der Waals surface area contributed by atoms with Gasteiger partial charge in [0.25, 0.3) is 15.9 Å². The Kier molecular flexibility index (Phi) is 6.77. The van der Waals surface area contributed by atoms with Crippen molar-refractivity contribution in [2.75, 3.05) is 30.9 Å². The number of nitrogens with one attached hydrogen (secondary N) is 1. The lowest BCUT2D eigenvalue weighted by Gasteiger charge is -2.35. The molecule has 5 rings (SSSR count). The molecule has 1 aromatic heterocycles. The van der Waals surface area contributed by atoms with Gasteiger partial charge in [-0.1, -0.05) is 30.3 Å². The monoisotopic (exact) mass is 520 g/mol. The number of sulfonamides is 1. The molecule has 2 heterocycles. The maximum absolute atomic E-state index is 13.6. The fourth-order valence-electron chi connectivity index (χ4n) is 4.40. The topological polar surface area (TPSA) is 103 Å². The summed E-state index contributed by atoms with van der Waals surface area (Å²) in [4.78, 5) is 21.1. The number of pyridine rings is 1. The minimum atomic E-state index is -3.89. The standard InChI is InChI=1S/C27H25FN4O4S/c28-23-7-1-5-21(26(23)33)18-31-14-16-32(17-15-31)27(34)20-9-11-22(12-10-20)30-37(35,36)24-8-2-4-19-6-3-13-29-25(19)24/h1-13,30,33H,14-18H2. The van der Waals surface area contributed by atoms with E-state index in [-0.39, 0.29) is 16.6 Å². The number of piperazine rings is 1. The second-order valence-electron chi connectivity index (χ2n) is 8.83. The number of phenols is 1. The third-order valence-corrected chi connectivity index (χ3v) is 7.81. The third-order valence-electron chi connectivity index (χ3n) is 6.39. The van der Waals surface area contributed by atoms with Crippen LogP contribution in [0.2, 0.25) is 0 Å². The van der Waals surface area contributed by atoms with Gasteiger partial charge in [0.2, 0.25) is 0 Å².